The number of hydrogen-bond acceptors (Lipinski definition) is 3. The zero-order valence-electron chi connectivity index (χ0n) is 10.4. The highest BCUT2D eigenvalue weighted by atomic mass is 16.3. The molecule has 2 unspecified atom stereocenters. The maximum atomic E-state index is 11.7. The van der Waals surface area contributed by atoms with Crippen molar-refractivity contribution in [1.82, 2.24) is 10.6 Å². The summed E-state index contributed by atoms with van der Waals surface area (Å²) in [5, 5.41) is 15.8. The maximum absolute atomic E-state index is 11.7. The van der Waals surface area contributed by atoms with Gasteiger partial charge in [-0.1, -0.05) is 30.3 Å². The van der Waals surface area contributed by atoms with Gasteiger partial charge in [0.1, 0.15) is 0 Å². The Hall–Kier alpha value is -1.39. The van der Waals surface area contributed by atoms with Crippen LogP contribution in [0.25, 0.3) is 0 Å². The Morgan fingerprint density at radius 3 is 2.89 bits per heavy atom. The molecule has 0 radical (unpaired) electrons. The molecule has 1 aliphatic heterocycles. The predicted octanol–water partition coefficient (Wildman–Crippen LogP) is 0.458. The Labute approximate surface area is 107 Å². The smallest absolute Gasteiger partial charge is 0.237 e. The molecule has 18 heavy (non-hydrogen) atoms. The Morgan fingerprint density at radius 2 is 2.22 bits per heavy atom. The third kappa shape index (κ3) is 3.82. The summed E-state index contributed by atoms with van der Waals surface area (Å²) < 4.78 is 0. The van der Waals surface area contributed by atoms with E-state index in [0.717, 1.165) is 24.9 Å². The molecule has 0 saturated carbocycles. The number of benzene rings is 1. The fraction of sp³-hybridized carbons (Fsp3) is 0.500. The summed E-state index contributed by atoms with van der Waals surface area (Å²) in [6.07, 6.45) is 1.97. The van der Waals surface area contributed by atoms with Crippen LogP contribution >= 0.6 is 0 Å². The number of carbonyl (C=O) groups is 1. The molecule has 98 valence electrons. The Bertz CT molecular complexity index is 375. The average Bonchev–Trinajstić information content (AvgIpc) is 2.91. The van der Waals surface area contributed by atoms with Crippen LogP contribution in [0.3, 0.4) is 0 Å². The van der Waals surface area contributed by atoms with Gasteiger partial charge in [0.25, 0.3) is 0 Å². The van der Waals surface area contributed by atoms with Crippen molar-refractivity contribution in [2.45, 2.75) is 31.4 Å². The van der Waals surface area contributed by atoms with Gasteiger partial charge < -0.3 is 15.7 Å². The summed E-state index contributed by atoms with van der Waals surface area (Å²) in [6, 6.07) is 9.72. The number of nitrogens with one attached hydrogen (secondary N) is 2. The fourth-order valence-corrected chi connectivity index (χ4v) is 2.21. The first-order chi connectivity index (χ1) is 8.75. The van der Waals surface area contributed by atoms with Crippen LogP contribution in [0.15, 0.2) is 30.3 Å². The highest BCUT2D eigenvalue weighted by Gasteiger charge is 2.22. The minimum atomic E-state index is -0.530. The summed E-state index contributed by atoms with van der Waals surface area (Å²) in [6.45, 7) is 1.22. The van der Waals surface area contributed by atoms with Crippen LogP contribution in [-0.2, 0) is 11.2 Å². The van der Waals surface area contributed by atoms with Crippen LogP contribution in [0.2, 0.25) is 0 Å². The average molecular weight is 248 g/mol. The molecule has 2 rings (SSSR count). The van der Waals surface area contributed by atoms with Gasteiger partial charge in [-0.3, -0.25) is 4.79 Å². The molecule has 3 N–H and O–H groups in total. The van der Waals surface area contributed by atoms with E-state index in [1.807, 2.05) is 30.3 Å². The van der Waals surface area contributed by atoms with E-state index in [0.29, 0.717) is 13.0 Å². The topological polar surface area (TPSA) is 61.4 Å². The van der Waals surface area contributed by atoms with Gasteiger partial charge in [0.2, 0.25) is 5.91 Å². The van der Waals surface area contributed by atoms with Crippen LogP contribution in [0.5, 0.6) is 0 Å². The second kappa shape index (κ2) is 6.52. The lowest BCUT2D eigenvalue weighted by Gasteiger charge is -2.14. The van der Waals surface area contributed by atoms with Crippen LogP contribution in [0.1, 0.15) is 18.4 Å². The van der Waals surface area contributed by atoms with Gasteiger partial charge in [0.15, 0.2) is 0 Å². The van der Waals surface area contributed by atoms with Crippen molar-refractivity contribution < 1.29 is 9.90 Å². The van der Waals surface area contributed by atoms with Crippen molar-refractivity contribution in [3.63, 3.8) is 0 Å². The normalized spacial score (nSPS) is 20.6. The molecule has 1 amide bonds. The Kier molecular flexibility index (Phi) is 4.73. The van der Waals surface area contributed by atoms with Crippen molar-refractivity contribution in [2.75, 3.05) is 13.1 Å². The summed E-state index contributed by atoms with van der Waals surface area (Å²) in [5.74, 6) is -0.000360. The Morgan fingerprint density at radius 1 is 1.44 bits per heavy atom. The highest BCUT2D eigenvalue weighted by molar-refractivity contribution is 5.82. The number of amides is 1. The van der Waals surface area contributed by atoms with Gasteiger partial charge in [-0.25, -0.2) is 0 Å². The van der Waals surface area contributed by atoms with Gasteiger partial charge in [0, 0.05) is 13.0 Å². The van der Waals surface area contributed by atoms with E-state index in [4.69, 9.17) is 0 Å². The molecule has 1 aromatic rings. The van der Waals surface area contributed by atoms with Gasteiger partial charge in [0.05, 0.1) is 12.1 Å². The van der Waals surface area contributed by atoms with E-state index in [-0.39, 0.29) is 11.9 Å². The lowest BCUT2D eigenvalue weighted by atomic mass is 10.1. The van der Waals surface area contributed by atoms with Crippen molar-refractivity contribution in [3.05, 3.63) is 35.9 Å². The van der Waals surface area contributed by atoms with Crippen molar-refractivity contribution in [2.24, 2.45) is 0 Å². The number of rotatable bonds is 5. The monoisotopic (exact) mass is 248 g/mol. The molecule has 0 spiro atoms. The van der Waals surface area contributed by atoms with Gasteiger partial charge in [-0.05, 0) is 24.9 Å². The predicted molar refractivity (Wildman–Crippen MR) is 70.2 cm³/mol. The number of aliphatic hydroxyl groups is 1. The summed E-state index contributed by atoms with van der Waals surface area (Å²) in [7, 11) is 0. The van der Waals surface area contributed by atoms with E-state index in [2.05, 4.69) is 10.6 Å². The third-order valence-electron chi connectivity index (χ3n) is 3.20. The molecule has 0 bridgehead atoms. The number of aliphatic hydroxyl groups excluding tert-OH is 1. The molecule has 2 atom stereocenters. The zero-order chi connectivity index (χ0) is 12.8. The minimum absolute atomic E-state index is 0.000360. The molecular formula is C14H20N2O2. The standard InChI is InChI=1S/C14H20N2O2/c17-12(9-11-5-2-1-3-6-11)10-16-14(18)13-7-4-8-15-13/h1-3,5-6,12-13,15,17H,4,7-10H2,(H,16,18). The molecule has 1 fully saturated rings. The quantitative estimate of drug-likeness (QED) is 0.709. The van der Waals surface area contributed by atoms with Crippen LogP contribution < -0.4 is 10.6 Å². The van der Waals surface area contributed by atoms with E-state index in [1.54, 1.807) is 0 Å². The molecule has 1 aromatic carbocycles. The molecular weight excluding hydrogens is 228 g/mol. The summed E-state index contributed by atoms with van der Waals surface area (Å²) >= 11 is 0. The van der Waals surface area contributed by atoms with Crippen molar-refractivity contribution >= 4 is 5.91 Å². The van der Waals surface area contributed by atoms with Crippen molar-refractivity contribution in [1.29, 1.82) is 0 Å². The maximum Gasteiger partial charge on any atom is 0.237 e. The van der Waals surface area contributed by atoms with Crippen molar-refractivity contribution in [3.8, 4) is 0 Å². The van der Waals surface area contributed by atoms with E-state index < -0.39 is 6.10 Å². The first kappa shape index (κ1) is 13.1. The third-order valence-corrected chi connectivity index (χ3v) is 3.20. The van der Waals surface area contributed by atoms with Gasteiger partial charge >= 0.3 is 0 Å². The molecule has 4 nitrogen and oxygen atoms in total. The van der Waals surface area contributed by atoms with E-state index in [9.17, 15) is 9.90 Å². The second-order valence-electron chi connectivity index (χ2n) is 4.74. The zero-order valence-corrected chi connectivity index (χ0v) is 10.4. The minimum Gasteiger partial charge on any atom is -0.391 e. The number of hydrogen-bond donors (Lipinski definition) is 3. The second-order valence-corrected chi connectivity index (χ2v) is 4.74. The molecule has 0 aromatic heterocycles. The molecule has 1 heterocycles. The van der Waals surface area contributed by atoms with Crippen LogP contribution in [0, 0.1) is 0 Å². The fourth-order valence-electron chi connectivity index (χ4n) is 2.21. The van der Waals surface area contributed by atoms with E-state index in [1.165, 1.54) is 0 Å². The summed E-state index contributed by atoms with van der Waals surface area (Å²) in [5.41, 5.74) is 1.08. The molecule has 0 aliphatic carbocycles. The summed E-state index contributed by atoms with van der Waals surface area (Å²) in [4.78, 5) is 11.7. The van der Waals surface area contributed by atoms with Gasteiger partial charge in [-0.2, -0.15) is 0 Å². The van der Waals surface area contributed by atoms with Crippen LogP contribution in [-0.4, -0.2) is 36.2 Å². The lowest BCUT2D eigenvalue weighted by molar-refractivity contribution is -0.123. The van der Waals surface area contributed by atoms with E-state index >= 15 is 0 Å². The SMILES string of the molecule is O=C(NCC(O)Cc1ccccc1)C1CCCN1. The molecule has 1 saturated heterocycles. The number of carbonyl (C=O) groups excluding carboxylic acids is 1. The highest BCUT2D eigenvalue weighted by Crippen LogP contribution is 2.05. The lowest BCUT2D eigenvalue weighted by Crippen LogP contribution is -2.43. The van der Waals surface area contributed by atoms with Crippen LogP contribution in [0.4, 0.5) is 0 Å². The molecule has 1 aliphatic rings. The van der Waals surface area contributed by atoms with Gasteiger partial charge in [-0.15, -0.1) is 0 Å². The first-order valence-corrected chi connectivity index (χ1v) is 6.49. The molecule has 4 heteroatoms. The largest absolute Gasteiger partial charge is 0.391 e. The first-order valence-electron chi connectivity index (χ1n) is 6.49. The Balaban J connectivity index is 1.71.